The van der Waals surface area contributed by atoms with Crippen LogP contribution in [0.25, 0.3) is 0 Å². The van der Waals surface area contributed by atoms with Gasteiger partial charge in [-0.15, -0.1) is 0 Å². The molecule has 0 saturated heterocycles. The highest BCUT2D eigenvalue weighted by Crippen LogP contribution is 2.18. The number of nitrogens with zero attached hydrogens (tertiary/aromatic N) is 1. The first-order valence-corrected chi connectivity index (χ1v) is 5.81. The van der Waals surface area contributed by atoms with Crippen LogP contribution in [-0.2, 0) is 16.1 Å². The second kappa shape index (κ2) is 8.08. The fourth-order valence-electron chi connectivity index (χ4n) is 1.49. The SMILES string of the molecule is COc1cc(CNCCOCC(N)=O)ccc1C#N. The zero-order valence-electron chi connectivity index (χ0n) is 10.8. The van der Waals surface area contributed by atoms with E-state index in [9.17, 15) is 4.79 Å². The van der Waals surface area contributed by atoms with Gasteiger partial charge in [-0.2, -0.15) is 5.26 Å². The van der Waals surface area contributed by atoms with E-state index in [-0.39, 0.29) is 6.61 Å². The number of hydrogen-bond acceptors (Lipinski definition) is 5. The van der Waals surface area contributed by atoms with Crippen LogP contribution >= 0.6 is 0 Å². The molecular weight excluding hydrogens is 246 g/mol. The first-order valence-electron chi connectivity index (χ1n) is 5.81. The van der Waals surface area contributed by atoms with E-state index in [0.29, 0.717) is 31.0 Å². The van der Waals surface area contributed by atoms with Gasteiger partial charge in [-0.3, -0.25) is 4.79 Å². The van der Waals surface area contributed by atoms with E-state index in [1.165, 1.54) is 7.11 Å². The molecule has 1 aromatic rings. The lowest BCUT2D eigenvalue weighted by Crippen LogP contribution is -2.23. The Morgan fingerprint density at radius 3 is 2.95 bits per heavy atom. The molecule has 3 N–H and O–H groups in total. The molecule has 1 amide bonds. The summed E-state index contributed by atoms with van der Waals surface area (Å²) >= 11 is 0. The third-order valence-electron chi connectivity index (χ3n) is 2.38. The van der Waals surface area contributed by atoms with Crippen molar-refractivity contribution in [1.29, 1.82) is 5.26 Å². The molecule has 0 atom stereocenters. The summed E-state index contributed by atoms with van der Waals surface area (Å²) in [5.74, 6) is 0.0867. The van der Waals surface area contributed by atoms with Crippen LogP contribution in [0.1, 0.15) is 11.1 Å². The monoisotopic (exact) mass is 263 g/mol. The van der Waals surface area contributed by atoms with Crippen LogP contribution < -0.4 is 15.8 Å². The Morgan fingerprint density at radius 2 is 2.32 bits per heavy atom. The van der Waals surface area contributed by atoms with Crippen molar-refractivity contribution >= 4 is 5.91 Å². The van der Waals surface area contributed by atoms with Gasteiger partial charge in [-0.1, -0.05) is 6.07 Å². The number of nitriles is 1. The Kier molecular flexibility index (Phi) is 6.36. The van der Waals surface area contributed by atoms with Crippen molar-refractivity contribution in [2.24, 2.45) is 5.73 Å². The number of carbonyl (C=O) groups is 1. The Hall–Kier alpha value is -2.10. The average Bonchev–Trinajstić information content (AvgIpc) is 2.42. The molecule has 0 aliphatic heterocycles. The molecule has 0 aromatic heterocycles. The number of ether oxygens (including phenoxy) is 2. The normalized spacial score (nSPS) is 9.89. The molecule has 0 radical (unpaired) electrons. The maximum Gasteiger partial charge on any atom is 0.243 e. The number of carbonyl (C=O) groups excluding carboxylic acids is 1. The van der Waals surface area contributed by atoms with Crippen LogP contribution in [0, 0.1) is 11.3 Å². The van der Waals surface area contributed by atoms with Crippen LogP contribution in [0.3, 0.4) is 0 Å². The maximum absolute atomic E-state index is 10.4. The fourth-order valence-corrected chi connectivity index (χ4v) is 1.49. The summed E-state index contributed by atoms with van der Waals surface area (Å²) in [6.45, 7) is 1.58. The molecule has 19 heavy (non-hydrogen) atoms. The smallest absolute Gasteiger partial charge is 0.243 e. The van der Waals surface area contributed by atoms with Gasteiger partial charge in [0.1, 0.15) is 18.4 Å². The third kappa shape index (κ3) is 5.38. The van der Waals surface area contributed by atoms with Crippen molar-refractivity contribution in [2.75, 3.05) is 26.9 Å². The van der Waals surface area contributed by atoms with Gasteiger partial charge < -0.3 is 20.5 Å². The number of primary amides is 1. The van der Waals surface area contributed by atoms with Crippen molar-refractivity contribution in [3.05, 3.63) is 29.3 Å². The second-order valence-electron chi connectivity index (χ2n) is 3.84. The van der Waals surface area contributed by atoms with Gasteiger partial charge in [0.25, 0.3) is 0 Å². The lowest BCUT2D eigenvalue weighted by atomic mass is 10.1. The Labute approximate surface area is 112 Å². The zero-order chi connectivity index (χ0) is 14.1. The van der Waals surface area contributed by atoms with Crippen molar-refractivity contribution < 1.29 is 14.3 Å². The van der Waals surface area contributed by atoms with Crippen LogP contribution in [0.15, 0.2) is 18.2 Å². The number of rotatable bonds is 8. The average molecular weight is 263 g/mol. The molecule has 0 saturated carbocycles. The Bertz CT molecular complexity index is 469. The molecule has 0 heterocycles. The molecule has 102 valence electrons. The predicted molar refractivity (Wildman–Crippen MR) is 69.4 cm³/mol. The Balaban J connectivity index is 2.34. The highest BCUT2D eigenvalue weighted by Gasteiger charge is 2.03. The molecule has 6 nitrogen and oxygen atoms in total. The van der Waals surface area contributed by atoms with Gasteiger partial charge in [0.05, 0.1) is 19.3 Å². The first-order chi connectivity index (χ1) is 9.17. The largest absolute Gasteiger partial charge is 0.495 e. The number of amides is 1. The molecule has 0 aliphatic rings. The van der Waals surface area contributed by atoms with Crippen LogP contribution in [0.2, 0.25) is 0 Å². The van der Waals surface area contributed by atoms with Crippen LogP contribution in [0.4, 0.5) is 0 Å². The number of hydrogen-bond donors (Lipinski definition) is 2. The number of nitrogens with one attached hydrogen (secondary N) is 1. The number of methoxy groups -OCH3 is 1. The molecule has 1 rings (SSSR count). The molecule has 0 aliphatic carbocycles. The molecular formula is C13H17N3O3. The Morgan fingerprint density at radius 1 is 1.53 bits per heavy atom. The quantitative estimate of drug-likeness (QED) is 0.651. The lowest BCUT2D eigenvalue weighted by molar-refractivity contribution is -0.122. The first kappa shape index (κ1) is 15.0. The van der Waals surface area contributed by atoms with Crippen molar-refractivity contribution in [1.82, 2.24) is 5.32 Å². The summed E-state index contributed by atoms with van der Waals surface area (Å²) in [6.07, 6.45) is 0. The van der Waals surface area contributed by atoms with Crippen LogP contribution in [-0.4, -0.2) is 32.8 Å². The fraction of sp³-hybridized carbons (Fsp3) is 0.385. The highest BCUT2D eigenvalue weighted by atomic mass is 16.5. The number of nitrogens with two attached hydrogens (primary N) is 1. The summed E-state index contributed by atoms with van der Waals surface area (Å²) in [6, 6.07) is 7.46. The highest BCUT2D eigenvalue weighted by molar-refractivity contribution is 5.74. The van der Waals surface area contributed by atoms with Crippen molar-refractivity contribution in [3.63, 3.8) is 0 Å². The van der Waals surface area contributed by atoms with E-state index < -0.39 is 5.91 Å². The van der Waals surface area contributed by atoms with Crippen molar-refractivity contribution in [3.8, 4) is 11.8 Å². The summed E-state index contributed by atoms with van der Waals surface area (Å²) in [4.78, 5) is 10.4. The van der Waals surface area contributed by atoms with Gasteiger partial charge in [-0.05, 0) is 17.7 Å². The van der Waals surface area contributed by atoms with Gasteiger partial charge in [0.2, 0.25) is 5.91 Å². The van der Waals surface area contributed by atoms with Gasteiger partial charge in [-0.25, -0.2) is 0 Å². The van der Waals surface area contributed by atoms with E-state index in [2.05, 4.69) is 11.4 Å². The zero-order valence-corrected chi connectivity index (χ0v) is 10.8. The molecule has 0 bridgehead atoms. The summed E-state index contributed by atoms with van der Waals surface area (Å²) in [7, 11) is 1.53. The minimum atomic E-state index is -0.475. The van der Waals surface area contributed by atoms with E-state index in [4.69, 9.17) is 20.5 Å². The van der Waals surface area contributed by atoms with Gasteiger partial charge in [0.15, 0.2) is 0 Å². The van der Waals surface area contributed by atoms with E-state index >= 15 is 0 Å². The minimum absolute atomic E-state index is 0.0631. The van der Waals surface area contributed by atoms with E-state index in [0.717, 1.165) is 5.56 Å². The molecule has 0 spiro atoms. The maximum atomic E-state index is 10.4. The predicted octanol–water partition coefficient (Wildman–Crippen LogP) is 0.158. The summed E-state index contributed by atoms with van der Waals surface area (Å²) in [5.41, 5.74) is 6.45. The van der Waals surface area contributed by atoms with E-state index in [1.54, 1.807) is 6.07 Å². The molecule has 6 heteroatoms. The topological polar surface area (TPSA) is 97.4 Å². The number of benzene rings is 1. The van der Waals surface area contributed by atoms with Gasteiger partial charge >= 0.3 is 0 Å². The van der Waals surface area contributed by atoms with Crippen LogP contribution in [0.5, 0.6) is 5.75 Å². The summed E-state index contributed by atoms with van der Waals surface area (Å²) in [5, 5.41) is 12.0. The minimum Gasteiger partial charge on any atom is -0.495 e. The third-order valence-corrected chi connectivity index (χ3v) is 2.38. The lowest BCUT2D eigenvalue weighted by Gasteiger charge is -2.08. The molecule has 0 unspecified atom stereocenters. The standard InChI is InChI=1S/C13H17N3O3/c1-18-12-6-10(2-3-11(12)7-14)8-16-4-5-19-9-13(15)17/h2-3,6,16H,4-5,8-9H2,1H3,(H2,15,17). The second-order valence-corrected chi connectivity index (χ2v) is 3.84. The van der Waals surface area contributed by atoms with E-state index in [1.807, 2.05) is 12.1 Å². The summed E-state index contributed by atoms with van der Waals surface area (Å²) < 4.78 is 10.1. The van der Waals surface area contributed by atoms with Crippen molar-refractivity contribution in [2.45, 2.75) is 6.54 Å². The molecule has 0 fully saturated rings. The van der Waals surface area contributed by atoms with Gasteiger partial charge in [0, 0.05) is 13.1 Å². The molecule has 1 aromatic carbocycles.